The van der Waals surface area contributed by atoms with E-state index in [9.17, 15) is 18.4 Å². The number of benzene rings is 1. The van der Waals surface area contributed by atoms with Crippen LogP contribution in [0.5, 0.6) is 5.75 Å². The highest BCUT2D eigenvalue weighted by Gasteiger charge is 2.45. The highest BCUT2D eigenvalue weighted by Crippen LogP contribution is 2.45. The highest BCUT2D eigenvalue weighted by molar-refractivity contribution is 6.00. The molecule has 14 heteroatoms. The van der Waals surface area contributed by atoms with E-state index in [1.807, 2.05) is 4.90 Å². The molecule has 2 bridgehead atoms. The van der Waals surface area contributed by atoms with Gasteiger partial charge in [0.25, 0.3) is 5.91 Å². The molecular weight excluding hydrogens is 572 g/mol. The molecule has 2 aliphatic heterocycles. The van der Waals surface area contributed by atoms with Crippen molar-refractivity contribution in [1.29, 1.82) is 0 Å². The second kappa shape index (κ2) is 10.5. The Morgan fingerprint density at radius 3 is 2.45 bits per heavy atom. The summed E-state index contributed by atoms with van der Waals surface area (Å²) in [4.78, 5) is 40.1. The van der Waals surface area contributed by atoms with Crippen LogP contribution < -0.4 is 10.5 Å². The number of hydrogen-bond donors (Lipinski definition) is 2. The van der Waals surface area contributed by atoms with E-state index < -0.39 is 11.6 Å². The van der Waals surface area contributed by atoms with Crippen LogP contribution in [0, 0.1) is 11.6 Å². The van der Waals surface area contributed by atoms with Gasteiger partial charge in [0, 0.05) is 40.9 Å². The number of rotatable bonds is 6. The minimum Gasteiger partial charge on any atom is -0.494 e. The summed E-state index contributed by atoms with van der Waals surface area (Å²) < 4.78 is 35.3. The number of halogens is 2. The lowest BCUT2D eigenvalue weighted by molar-refractivity contribution is 0.0556. The number of fused-ring (bicyclic) bond motifs is 3. The number of nitrogens with one attached hydrogen (secondary N) is 1. The molecule has 1 aromatic carbocycles. The molecule has 224 valence electrons. The summed E-state index contributed by atoms with van der Waals surface area (Å²) in [5.74, 6) is -2.49. The van der Waals surface area contributed by atoms with E-state index in [1.165, 1.54) is 43.2 Å². The number of ether oxygens (including phenoxy) is 1. The number of pyridine rings is 1. The smallest absolute Gasteiger partial charge is 0.292 e. The van der Waals surface area contributed by atoms with Crippen molar-refractivity contribution in [2.24, 2.45) is 0 Å². The molecule has 0 radical (unpaired) electrons. The molecule has 0 spiro atoms. The Morgan fingerprint density at radius 2 is 1.82 bits per heavy atom. The third kappa shape index (κ3) is 4.28. The normalized spacial score (nSPS) is 19.5. The summed E-state index contributed by atoms with van der Waals surface area (Å²) in [6.45, 7) is 1.45. The summed E-state index contributed by atoms with van der Waals surface area (Å²) in [5.41, 5.74) is 9.34. The predicted molar refractivity (Wildman–Crippen MR) is 154 cm³/mol. The molecule has 0 saturated carbocycles. The number of anilines is 1. The summed E-state index contributed by atoms with van der Waals surface area (Å²) in [6.07, 6.45) is 7.39. The van der Waals surface area contributed by atoms with Gasteiger partial charge in [0.15, 0.2) is 23.0 Å². The van der Waals surface area contributed by atoms with Crippen LogP contribution in [0.3, 0.4) is 0 Å². The standard InChI is InChI=1S/C30H27F2N9O3/c1-14(42)23-26(16-9-17-4-5-18(10-16)40(17)30(43)28-35-13-36-39-28)38-29-20(12-37-41(29)27(23)33)15-3-7-21(34-11-15)19-6-8-22(44-2)25(32)24(19)31/h3,6-8,11-13,16-18H,4-5,9-10,33H2,1-2H3,(H,35,36,39)/t16-,17+,18-. The lowest BCUT2D eigenvalue weighted by Gasteiger charge is -2.38. The van der Waals surface area contributed by atoms with Gasteiger partial charge in [-0.2, -0.15) is 14.0 Å². The predicted octanol–water partition coefficient (Wildman–Crippen LogP) is 4.20. The van der Waals surface area contributed by atoms with Crippen LogP contribution in [0.1, 0.15) is 65.2 Å². The number of aromatic amines is 1. The van der Waals surface area contributed by atoms with Gasteiger partial charge in [-0.05, 0) is 50.8 Å². The average Bonchev–Trinajstić information content (AvgIpc) is 3.77. The molecule has 7 rings (SSSR count). The van der Waals surface area contributed by atoms with Crippen molar-refractivity contribution in [3.63, 3.8) is 0 Å². The number of ketones is 1. The molecule has 2 fully saturated rings. The quantitative estimate of drug-likeness (QED) is 0.273. The zero-order chi connectivity index (χ0) is 30.7. The largest absolute Gasteiger partial charge is 0.494 e. The molecule has 6 heterocycles. The monoisotopic (exact) mass is 599 g/mol. The summed E-state index contributed by atoms with van der Waals surface area (Å²) in [7, 11) is 1.26. The Morgan fingerprint density at radius 1 is 1.05 bits per heavy atom. The molecule has 3 atom stereocenters. The summed E-state index contributed by atoms with van der Waals surface area (Å²) >= 11 is 0. The van der Waals surface area contributed by atoms with Crippen LogP contribution in [0.4, 0.5) is 14.6 Å². The summed E-state index contributed by atoms with van der Waals surface area (Å²) in [6, 6.07) is 5.96. The topological polar surface area (TPSA) is 157 Å². The first-order chi connectivity index (χ1) is 21.3. The van der Waals surface area contributed by atoms with Gasteiger partial charge in [0.1, 0.15) is 12.1 Å². The fraction of sp³-hybridized carbons (Fsp3) is 0.300. The number of nitrogens with two attached hydrogens (primary N) is 1. The molecule has 5 aromatic rings. The Kier molecular flexibility index (Phi) is 6.56. The van der Waals surface area contributed by atoms with E-state index in [2.05, 4.69) is 25.3 Å². The number of H-pyrrole nitrogens is 1. The molecular formula is C30H27F2N9O3. The molecule has 2 saturated heterocycles. The number of nitrogen functional groups attached to an aromatic ring is 1. The van der Waals surface area contributed by atoms with Crippen molar-refractivity contribution in [1.82, 2.24) is 39.7 Å². The molecule has 12 nitrogen and oxygen atoms in total. The second-order valence-electron chi connectivity index (χ2n) is 11.1. The molecule has 2 aliphatic rings. The maximum Gasteiger partial charge on any atom is 0.292 e. The molecule has 1 amide bonds. The van der Waals surface area contributed by atoms with Crippen molar-refractivity contribution < 1.29 is 23.1 Å². The minimum absolute atomic E-state index is 0.00626. The molecule has 0 unspecified atom stereocenters. The van der Waals surface area contributed by atoms with Gasteiger partial charge in [-0.3, -0.25) is 14.6 Å². The molecule has 4 aromatic heterocycles. The van der Waals surface area contributed by atoms with Crippen molar-refractivity contribution in [3.8, 4) is 28.1 Å². The average molecular weight is 600 g/mol. The third-order valence-electron chi connectivity index (χ3n) is 8.65. The Balaban J connectivity index is 1.24. The van der Waals surface area contributed by atoms with Crippen molar-refractivity contribution >= 4 is 23.2 Å². The van der Waals surface area contributed by atoms with E-state index >= 15 is 0 Å². The number of carbonyl (C=O) groups is 2. The minimum atomic E-state index is -1.09. The lowest BCUT2D eigenvalue weighted by Crippen LogP contribution is -2.46. The van der Waals surface area contributed by atoms with Crippen LogP contribution in [-0.4, -0.2) is 70.5 Å². The van der Waals surface area contributed by atoms with Crippen LogP contribution >= 0.6 is 0 Å². The first-order valence-electron chi connectivity index (χ1n) is 14.1. The zero-order valence-electron chi connectivity index (χ0n) is 23.8. The van der Waals surface area contributed by atoms with Gasteiger partial charge < -0.3 is 20.4 Å². The number of nitrogens with zero attached hydrogens (tertiary/aromatic N) is 7. The maximum atomic E-state index is 14.7. The summed E-state index contributed by atoms with van der Waals surface area (Å²) in [5, 5.41) is 12.0. The van der Waals surface area contributed by atoms with E-state index in [-0.39, 0.29) is 58.3 Å². The van der Waals surface area contributed by atoms with Crippen molar-refractivity contribution in [2.45, 2.75) is 50.6 Å². The van der Waals surface area contributed by atoms with E-state index in [4.69, 9.17) is 15.5 Å². The second-order valence-corrected chi connectivity index (χ2v) is 11.1. The van der Waals surface area contributed by atoms with Gasteiger partial charge in [0.2, 0.25) is 11.6 Å². The molecule has 44 heavy (non-hydrogen) atoms. The first-order valence-corrected chi connectivity index (χ1v) is 14.1. The van der Waals surface area contributed by atoms with E-state index in [0.29, 0.717) is 40.9 Å². The van der Waals surface area contributed by atoms with Gasteiger partial charge in [-0.15, -0.1) is 10.2 Å². The van der Waals surface area contributed by atoms with Gasteiger partial charge in [0.05, 0.1) is 30.3 Å². The molecule has 0 aliphatic carbocycles. The fourth-order valence-electron chi connectivity index (χ4n) is 6.66. The number of aromatic nitrogens is 7. The number of amides is 1. The Hall–Kier alpha value is -5.27. The molecule has 3 N–H and O–H groups in total. The Bertz CT molecular complexity index is 1910. The van der Waals surface area contributed by atoms with Crippen LogP contribution in [0.25, 0.3) is 28.0 Å². The van der Waals surface area contributed by atoms with Gasteiger partial charge >= 0.3 is 0 Å². The van der Waals surface area contributed by atoms with Crippen LogP contribution in [-0.2, 0) is 0 Å². The van der Waals surface area contributed by atoms with Gasteiger partial charge in [-0.1, -0.05) is 6.07 Å². The third-order valence-corrected chi connectivity index (χ3v) is 8.65. The van der Waals surface area contributed by atoms with E-state index in [1.54, 1.807) is 18.3 Å². The maximum absolute atomic E-state index is 14.7. The Labute approximate surface area is 249 Å². The fourth-order valence-corrected chi connectivity index (χ4v) is 6.66. The zero-order valence-corrected chi connectivity index (χ0v) is 23.8. The van der Waals surface area contributed by atoms with Crippen molar-refractivity contribution in [2.75, 3.05) is 12.8 Å². The first kappa shape index (κ1) is 27.6. The number of carbonyl (C=O) groups excluding carboxylic acids is 2. The number of Topliss-reactive ketones (excluding diaryl/α,β-unsaturated/α-hetero) is 1. The van der Waals surface area contributed by atoms with E-state index in [0.717, 1.165) is 12.8 Å². The highest BCUT2D eigenvalue weighted by atomic mass is 19.2. The number of methoxy groups -OCH3 is 1. The van der Waals surface area contributed by atoms with Crippen molar-refractivity contribution in [3.05, 3.63) is 71.7 Å². The number of piperidine rings is 1. The number of hydrogen-bond acceptors (Lipinski definition) is 9. The SMILES string of the molecule is COc1ccc(-c2ccc(-c3cnn4c(N)c(C(C)=O)c([C@H]5C[C@H]6CC[C@@H](C5)N6C(=O)c5nnc[nH]5)nc34)cn2)c(F)c1F. The van der Waals surface area contributed by atoms with Crippen LogP contribution in [0.15, 0.2) is 43.0 Å². The lowest BCUT2D eigenvalue weighted by atomic mass is 9.85. The van der Waals surface area contributed by atoms with Crippen LogP contribution in [0.2, 0.25) is 0 Å². The van der Waals surface area contributed by atoms with Gasteiger partial charge in [-0.25, -0.2) is 9.37 Å².